The molecule has 0 aliphatic carbocycles. The minimum atomic E-state index is -1.32. The van der Waals surface area contributed by atoms with E-state index in [4.69, 9.17) is 15.6 Å². The first-order valence-electron chi connectivity index (χ1n) is 6.33. The lowest BCUT2D eigenvalue weighted by atomic mass is 10.2. The molecule has 3 amide bonds. The predicted molar refractivity (Wildman–Crippen MR) is 72.1 cm³/mol. The summed E-state index contributed by atoms with van der Waals surface area (Å²) in [4.78, 5) is 35.2. The van der Waals surface area contributed by atoms with Gasteiger partial charge in [0, 0.05) is 20.2 Å². The molecule has 1 unspecified atom stereocenters. The highest BCUT2D eigenvalue weighted by molar-refractivity contribution is 5.87. The number of ether oxygens (including phenoxy) is 1. The molecule has 0 spiro atoms. The van der Waals surface area contributed by atoms with Gasteiger partial charge in [0.2, 0.25) is 5.91 Å². The van der Waals surface area contributed by atoms with Crippen molar-refractivity contribution in [3.05, 3.63) is 0 Å². The smallest absolute Gasteiger partial charge is 0.326 e. The van der Waals surface area contributed by atoms with Gasteiger partial charge in [-0.25, -0.2) is 9.59 Å². The molecular weight excluding hydrogens is 266 g/mol. The molecule has 8 heteroatoms. The summed E-state index contributed by atoms with van der Waals surface area (Å²) in [5.74, 6) is -1.87. The van der Waals surface area contributed by atoms with E-state index in [0.29, 0.717) is 19.7 Å². The maximum absolute atomic E-state index is 12.0. The number of methoxy groups -OCH3 is 1. The standard InChI is InChI=1S/C12H23N3O5/c1-8(2)7-15(4-5-20-3)12(19)14-9(11(17)18)6-10(13)16/h8-9H,4-7H2,1-3H3,(H2,13,16)(H,14,19)(H,17,18). The number of aliphatic carboxylic acids is 1. The number of rotatable bonds is 9. The van der Waals surface area contributed by atoms with Crippen molar-refractivity contribution in [2.45, 2.75) is 26.3 Å². The van der Waals surface area contributed by atoms with Crippen LogP contribution in [-0.2, 0) is 14.3 Å². The molecule has 0 rings (SSSR count). The maximum Gasteiger partial charge on any atom is 0.326 e. The second-order valence-corrected chi connectivity index (χ2v) is 4.84. The Labute approximate surface area is 118 Å². The van der Waals surface area contributed by atoms with Gasteiger partial charge >= 0.3 is 12.0 Å². The fourth-order valence-corrected chi connectivity index (χ4v) is 1.56. The summed E-state index contributed by atoms with van der Waals surface area (Å²) in [6.45, 7) is 5.01. The SMILES string of the molecule is COCCN(CC(C)C)C(=O)NC(CC(N)=O)C(=O)O. The van der Waals surface area contributed by atoms with Crippen LogP contribution >= 0.6 is 0 Å². The fourth-order valence-electron chi connectivity index (χ4n) is 1.56. The third-order valence-electron chi connectivity index (χ3n) is 2.44. The van der Waals surface area contributed by atoms with Crippen molar-refractivity contribution in [1.82, 2.24) is 10.2 Å². The highest BCUT2D eigenvalue weighted by atomic mass is 16.5. The first kappa shape index (κ1) is 18.2. The lowest BCUT2D eigenvalue weighted by Crippen LogP contribution is -2.50. The molecule has 0 bridgehead atoms. The van der Waals surface area contributed by atoms with Crippen LogP contribution in [-0.4, -0.2) is 60.8 Å². The zero-order chi connectivity index (χ0) is 15.7. The molecule has 0 radical (unpaired) electrons. The quantitative estimate of drug-likeness (QED) is 0.534. The Hall–Kier alpha value is -1.83. The number of carbonyl (C=O) groups excluding carboxylic acids is 2. The van der Waals surface area contributed by atoms with Crippen LogP contribution in [0.3, 0.4) is 0 Å². The minimum absolute atomic E-state index is 0.219. The predicted octanol–water partition coefficient (Wildman–Crippen LogP) is -0.371. The first-order chi connectivity index (χ1) is 9.27. The van der Waals surface area contributed by atoms with E-state index in [9.17, 15) is 14.4 Å². The Morgan fingerprint density at radius 1 is 1.35 bits per heavy atom. The molecular formula is C12H23N3O5. The van der Waals surface area contributed by atoms with Gasteiger partial charge in [0.15, 0.2) is 0 Å². The number of carboxylic acids is 1. The number of hydrogen-bond acceptors (Lipinski definition) is 4. The van der Waals surface area contributed by atoms with Crippen molar-refractivity contribution >= 4 is 17.9 Å². The van der Waals surface area contributed by atoms with Crippen molar-refractivity contribution in [2.24, 2.45) is 11.7 Å². The average Bonchev–Trinajstić information content (AvgIpc) is 2.32. The molecule has 0 heterocycles. The molecule has 0 aromatic heterocycles. The molecule has 0 aromatic rings. The van der Waals surface area contributed by atoms with E-state index in [1.165, 1.54) is 12.0 Å². The number of nitrogens with zero attached hydrogens (tertiary/aromatic N) is 1. The molecule has 0 saturated heterocycles. The highest BCUT2D eigenvalue weighted by Gasteiger charge is 2.25. The molecule has 116 valence electrons. The monoisotopic (exact) mass is 289 g/mol. The van der Waals surface area contributed by atoms with Gasteiger partial charge in [-0.15, -0.1) is 0 Å². The van der Waals surface area contributed by atoms with E-state index in [1.807, 2.05) is 13.8 Å². The molecule has 0 aliphatic heterocycles. The summed E-state index contributed by atoms with van der Waals surface area (Å²) in [7, 11) is 1.51. The van der Waals surface area contributed by atoms with Gasteiger partial charge in [0.25, 0.3) is 0 Å². The topological polar surface area (TPSA) is 122 Å². The van der Waals surface area contributed by atoms with Crippen LogP contribution in [0.4, 0.5) is 4.79 Å². The van der Waals surface area contributed by atoms with E-state index in [1.54, 1.807) is 0 Å². The second-order valence-electron chi connectivity index (χ2n) is 4.84. The molecule has 0 saturated carbocycles. The molecule has 0 aliphatic rings. The van der Waals surface area contributed by atoms with Gasteiger partial charge in [0.05, 0.1) is 13.0 Å². The van der Waals surface area contributed by atoms with Crippen molar-refractivity contribution in [2.75, 3.05) is 26.8 Å². The number of nitrogens with one attached hydrogen (secondary N) is 1. The van der Waals surface area contributed by atoms with E-state index in [2.05, 4.69) is 5.32 Å². The Balaban J connectivity index is 4.68. The average molecular weight is 289 g/mol. The van der Waals surface area contributed by atoms with Crippen LogP contribution < -0.4 is 11.1 Å². The van der Waals surface area contributed by atoms with Crippen molar-refractivity contribution in [1.29, 1.82) is 0 Å². The number of hydrogen-bond donors (Lipinski definition) is 3. The van der Waals surface area contributed by atoms with Crippen LogP contribution in [0.25, 0.3) is 0 Å². The van der Waals surface area contributed by atoms with Crippen LogP contribution in [0.15, 0.2) is 0 Å². The third kappa shape index (κ3) is 7.57. The largest absolute Gasteiger partial charge is 0.480 e. The Morgan fingerprint density at radius 2 is 1.95 bits per heavy atom. The summed E-state index contributed by atoms with van der Waals surface area (Å²) >= 11 is 0. The zero-order valence-corrected chi connectivity index (χ0v) is 12.1. The van der Waals surface area contributed by atoms with Crippen molar-refractivity contribution < 1.29 is 24.2 Å². The normalized spacial score (nSPS) is 12.0. The molecule has 1 atom stereocenters. The maximum atomic E-state index is 12.0. The first-order valence-corrected chi connectivity index (χ1v) is 6.33. The Kier molecular flexibility index (Phi) is 8.30. The Bertz CT molecular complexity index is 346. The van der Waals surface area contributed by atoms with Gasteiger partial charge < -0.3 is 25.8 Å². The second kappa shape index (κ2) is 9.13. The van der Waals surface area contributed by atoms with Crippen LogP contribution in [0, 0.1) is 5.92 Å². The molecule has 4 N–H and O–H groups in total. The number of urea groups is 1. The number of primary amides is 1. The van der Waals surface area contributed by atoms with Crippen LogP contribution in [0.5, 0.6) is 0 Å². The van der Waals surface area contributed by atoms with Crippen molar-refractivity contribution in [3.63, 3.8) is 0 Å². The fraction of sp³-hybridized carbons (Fsp3) is 0.750. The number of nitrogens with two attached hydrogens (primary N) is 1. The Morgan fingerprint density at radius 3 is 2.35 bits per heavy atom. The highest BCUT2D eigenvalue weighted by Crippen LogP contribution is 2.01. The van der Waals surface area contributed by atoms with Crippen molar-refractivity contribution in [3.8, 4) is 0 Å². The summed E-state index contributed by atoms with van der Waals surface area (Å²) in [6.07, 6.45) is -0.444. The molecule has 0 aromatic carbocycles. The number of carbonyl (C=O) groups is 3. The lowest BCUT2D eigenvalue weighted by Gasteiger charge is -2.26. The molecule has 20 heavy (non-hydrogen) atoms. The summed E-state index contributed by atoms with van der Waals surface area (Å²) in [6, 6.07) is -1.87. The number of carboxylic acid groups (broad SMARTS) is 1. The zero-order valence-electron chi connectivity index (χ0n) is 12.1. The van der Waals surface area contributed by atoms with E-state index >= 15 is 0 Å². The van der Waals surface area contributed by atoms with E-state index < -0.39 is 30.4 Å². The van der Waals surface area contributed by atoms with Gasteiger partial charge in [-0.3, -0.25) is 4.79 Å². The third-order valence-corrected chi connectivity index (χ3v) is 2.44. The van der Waals surface area contributed by atoms with Gasteiger partial charge in [-0.1, -0.05) is 13.8 Å². The van der Waals surface area contributed by atoms with Crippen LogP contribution in [0.2, 0.25) is 0 Å². The van der Waals surface area contributed by atoms with Gasteiger partial charge in [0.1, 0.15) is 6.04 Å². The summed E-state index contributed by atoms with van der Waals surface area (Å²) in [5.41, 5.74) is 4.96. The lowest BCUT2D eigenvalue weighted by molar-refractivity contribution is -0.141. The van der Waals surface area contributed by atoms with Crippen LogP contribution in [0.1, 0.15) is 20.3 Å². The number of amides is 3. The van der Waals surface area contributed by atoms with E-state index in [-0.39, 0.29) is 5.92 Å². The summed E-state index contributed by atoms with van der Waals surface area (Å²) in [5, 5.41) is 11.2. The molecule has 8 nitrogen and oxygen atoms in total. The summed E-state index contributed by atoms with van der Waals surface area (Å²) < 4.78 is 4.91. The van der Waals surface area contributed by atoms with E-state index in [0.717, 1.165) is 0 Å². The minimum Gasteiger partial charge on any atom is -0.480 e. The molecule has 0 fully saturated rings. The van der Waals surface area contributed by atoms with Gasteiger partial charge in [-0.05, 0) is 5.92 Å². The van der Waals surface area contributed by atoms with Gasteiger partial charge in [-0.2, -0.15) is 0 Å².